The zero-order valence-electron chi connectivity index (χ0n) is 12.1. The molecule has 1 atom stereocenters. The highest BCUT2D eigenvalue weighted by atomic mass is 32.1. The number of benzene rings is 2. The average molecular weight is 312 g/mol. The van der Waals surface area contributed by atoms with Crippen molar-refractivity contribution in [1.29, 1.82) is 0 Å². The monoisotopic (exact) mass is 312 g/mol. The zero-order chi connectivity index (χ0) is 15.6. The van der Waals surface area contributed by atoms with Gasteiger partial charge in [0.05, 0.1) is 16.8 Å². The van der Waals surface area contributed by atoms with Gasteiger partial charge in [0.1, 0.15) is 5.60 Å². The summed E-state index contributed by atoms with van der Waals surface area (Å²) in [4.78, 5) is 16.5. The number of hydrogen-bond donors (Lipinski definition) is 2. The molecule has 1 heterocycles. The fourth-order valence-electron chi connectivity index (χ4n) is 2.20. The van der Waals surface area contributed by atoms with E-state index in [1.54, 1.807) is 6.92 Å². The highest BCUT2D eigenvalue weighted by Crippen LogP contribution is 2.22. The Morgan fingerprint density at radius 2 is 1.86 bits per heavy atom. The predicted molar refractivity (Wildman–Crippen MR) is 88.0 cm³/mol. The molecular formula is C17H16N2O2S. The van der Waals surface area contributed by atoms with Crippen molar-refractivity contribution in [2.45, 2.75) is 12.5 Å². The van der Waals surface area contributed by atoms with Gasteiger partial charge in [0.2, 0.25) is 0 Å². The molecule has 1 aromatic heterocycles. The van der Waals surface area contributed by atoms with Crippen molar-refractivity contribution >= 4 is 27.5 Å². The average Bonchev–Trinajstić information content (AvgIpc) is 2.98. The number of aliphatic hydroxyl groups is 1. The molecule has 2 aromatic carbocycles. The second-order valence-corrected chi connectivity index (χ2v) is 6.34. The summed E-state index contributed by atoms with van der Waals surface area (Å²) in [5.74, 6) is -0.266. The van der Waals surface area contributed by atoms with Gasteiger partial charge in [-0.2, -0.15) is 0 Å². The van der Waals surface area contributed by atoms with Gasteiger partial charge in [-0.05, 0) is 24.6 Å². The third-order valence-corrected chi connectivity index (χ3v) is 4.51. The molecule has 0 aliphatic rings. The van der Waals surface area contributed by atoms with Crippen LogP contribution in [0.5, 0.6) is 0 Å². The second kappa shape index (κ2) is 5.87. The molecule has 3 rings (SSSR count). The van der Waals surface area contributed by atoms with E-state index in [4.69, 9.17) is 0 Å². The zero-order valence-corrected chi connectivity index (χ0v) is 12.9. The van der Waals surface area contributed by atoms with E-state index < -0.39 is 5.60 Å². The number of fused-ring (bicyclic) bond motifs is 1. The van der Waals surface area contributed by atoms with E-state index in [-0.39, 0.29) is 12.5 Å². The van der Waals surface area contributed by atoms with Crippen LogP contribution >= 0.6 is 11.3 Å². The van der Waals surface area contributed by atoms with Crippen molar-refractivity contribution in [1.82, 2.24) is 10.3 Å². The van der Waals surface area contributed by atoms with Crippen LogP contribution in [-0.4, -0.2) is 22.5 Å². The lowest BCUT2D eigenvalue weighted by molar-refractivity contribution is 0.0526. The smallest absolute Gasteiger partial charge is 0.280 e. The normalized spacial score (nSPS) is 13.7. The number of nitrogens with one attached hydrogen (secondary N) is 1. The molecular weight excluding hydrogens is 296 g/mol. The van der Waals surface area contributed by atoms with E-state index in [2.05, 4.69) is 10.3 Å². The lowest BCUT2D eigenvalue weighted by Gasteiger charge is -2.23. The minimum atomic E-state index is -1.12. The summed E-state index contributed by atoms with van der Waals surface area (Å²) in [6, 6.07) is 16.9. The Morgan fingerprint density at radius 3 is 2.59 bits per heavy atom. The molecule has 22 heavy (non-hydrogen) atoms. The van der Waals surface area contributed by atoms with Crippen LogP contribution in [0.15, 0.2) is 54.6 Å². The first kappa shape index (κ1) is 14.7. The maximum atomic E-state index is 12.2. The van der Waals surface area contributed by atoms with Crippen LogP contribution in [0.4, 0.5) is 0 Å². The number of hydrogen-bond acceptors (Lipinski definition) is 4. The van der Waals surface area contributed by atoms with Gasteiger partial charge in [-0.1, -0.05) is 42.5 Å². The Hall–Kier alpha value is -2.24. The number of carbonyl (C=O) groups excluding carboxylic acids is 1. The van der Waals surface area contributed by atoms with Crippen molar-refractivity contribution in [3.05, 3.63) is 65.2 Å². The lowest BCUT2D eigenvalue weighted by atomic mass is 9.96. The molecule has 0 saturated heterocycles. The molecule has 1 amide bonds. The molecule has 0 aliphatic carbocycles. The Balaban J connectivity index is 1.72. The molecule has 0 bridgehead atoms. The van der Waals surface area contributed by atoms with Gasteiger partial charge in [0.15, 0.2) is 5.01 Å². The van der Waals surface area contributed by atoms with Gasteiger partial charge in [-0.25, -0.2) is 4.98 Å². The Labute approximate surface area is 132 Å². The molecule has 4 nitrogen and oxygen atoms in total. The van der Waals surface area contributed by atoms with Gasteiger partial charge in [0, 0.05) is 0 Å². The molecule has 0 fully saturated rings. The van der Waals surface area contributed by atoms with Gasteiger partial charge >= 0.3 is 0 Å². The van der Waals surface area contributed by atoms with Crippen LogP contribution in [0.3, 0.4) is 0 Å². The number of aromatic nitrogens is 1. The number of rotatable bonds is 4. The van der Waals surface area contributed by atoms with E-state index in [0.29, 0.717) is 5.01 Å². The maximum Gasteiger partial charge on any atom is 0.280 e. The van der Waals surface area contributed by atoms with E-state index in [0.717, 1.165) is 15.8 Å². The summed E-state index contributed by atoms with van der Waals surface area (Å²) in [5.41, 5.74) is 0.459. The molecule has 0 unspecified atom stereocenters. The summed E-state index contributed by atoms with van der Waals surface area (Å²) >= 11 is 1.35. The number of para-hydroxylation sites is 1. The Bertz CT molecular complexity index is 764. The molecule has 2 N–H and O–H groups in total. The molecule has 0 spiro atoms. The molecule has 3 aromatic rings. The minimum absolute atomic E-state index is 0.131. The van der Waals surface area contributed by atoms with Crippen LogP contribution in [0, 0.1) is 0 Å². The van der Waals surface area contributed by atoms with Crippen molar-refractivity contribution in [2.24, 2.45) is 0 Å². The first-order valence-electron chi connectivity index (χ1n) is 6.98. The Morgan fingerprint density at radius 1 is 1.18 bits per heavy atom. The van der Waals surface area contributed by atoms with Gasteiger partial charge < -0.3 is 10.4 Å². The van der Waals surface area contributed by atoms with Crippen LogP contribution in [0.25, 0.3) is 10.2 Å². The predicted octanol–water partition coefficient (Wildman–Crippen LogP) is 2.93. The number of amides is 1. The standard InChI is InChI=1S/C17H16N2O2S/c1-17(21,12-7-3-2-4-8-12)11-18-15(20)16-19-13-9-5-6-10-14(13)22-16/h2-10,21H,11H2,1H3,(H,18,20)/t17-/m1/s1. The van der Waals surface area contributed by atoms with E-state index in [1.165, 1.54) is 11.3 Å². The van der Waals surface area contributed by atoms with Crippen molar-refractivity contribution in [3.8, 4) is 0 Å². The molecule has 0 radical (unpaired) electrons. The summed E-state index contributed by atoms with van der Waals surface area (Å²) in [6.07, 6.45) is 0. The maximum absolute atomic E-state index is 12.2. The SMILES string of the molecule is C[C@@](O)(CNC(=O)c1nc2ccccc2s1)c1ccccc1. The first-order chi connectivity index (χ1) is 10.6. The van der Waals surface area contributed by atoms with Crippen molar-refractivity contribution in [3.63, 3.8) is 0 Å². The van der Waals surface area contributed by atoms with Crippen LogP contribution in [0.1, 0.15) is 22.3 Å². The first-order valence-corrected chi connectivity index (χ1v) is 7.79. The highest BCUT2D eigenvalue weighted by molar-refractivity contribution is 7.20. The van der Waals surface area contributed by atoms with E-state index >= 15 is 0 Å². The third kappa shape index (κ3) is 3.00. The topological polar surface area (TPSA) is 62.2 Å². The third-order valence-electron chi connectivity index (χ3n) is 3.48. The molecule has 0 saturated carbocycles. The Kier molecular flexibility index (Phi) is 3.92. The molecule has 0 aliphatic heterocycles. The van der Waals surface area contributed by atoms with E-state index in [1.807, 2.05) is 54.6 Å². The van der Waals surface area contributed by atoms with Gasteiger partial charge in [-0.15, -0.1) is 11.3 Å². The largest absolute Gasteiger partial charge is 0.384 e. The fourth-order valence-corrected chi connectivity index (χ4v) is 3.08. The van der Waals surface area contributed by atoms with E-state index in [9.17, 15) is 9.90 Å². The van der Waals surface area contributed by atoms with Gasteiger partial charge in [-0.3, -0.25) is 4.79 Å². The van der Waals surface area contributed by atoms with Gasteiger partial charge in [0.25, 0.3) is 5.91 Å². The summed E-state index contributed by atoms with van der Waals surface area (Å²) in [5, 5.41) is 13.7. The van der Waals surface area contributed by atoms with Crippen LogP contribution in [0.2, 0.25) is 0 Å². The molecule has 112 valence electrons. The summed E-state index contributed by atoms with van der Waals surface area (Å²) in [7, 11) is 0. The van der Waals surface area contributed by atoms with Crippen LogP contribution < -0.4 is 5.32 Å². The molecule has 5 heteroatoms. The van der Waals surface area contributed by atoms with Crippen molar-refractivity contribution < 1.29 is 9.90 Å². The second-order valence-electron chi connectivity index (χ2n) is 5.31. The number of nitrogens with zero attached hydrogens (tertiary/aromatic N) is 1. The number of carbonyl (C=O) groups is 1. The summed E-state index contributed by atoms with van der Waals surface area (Å²) < 4.78 is 0.975. The minimum Gasteiger partial charge on any atom is -0.384 e. The number of thiazole rings is 1. The quantitative estimate of drug-likeness (QED) is 0.778. The fraction of sp³-hybridized carbons (Fsp3) is 0.176. The lowest BCUT2D eigenvalue weighted by Crippen LogP contribution is -2.38. The van der Waals surface area contributed by atoms with Crippen molar-refractivity contribution in [2.75, 3.05) is 6.54 Å². The summed E-state index contributed by atoms with van der Waals surface area (Å²) in [6.45, 7) is 1.81. The van der Waals surface area contributed by atoms with Crippen LogP contribution in [-0.2, 0) is 5.60 Å². The highest BCUT2D eigenvalue weighted by Gasteiger charge is 2.24.